The number of fused-ring (bicyclic) bond motifs is 1. The molecule has 0 radical (unpaired) electrons. The molecule has 1 aliphatic rings. The molecule has 5 nitrogen and oxygen atoms in total. The number of thiazole rings is 1. The Morgan fingerprint density at radius 1 is 1.28 bits per heavy atom. The van der Waals surface area contributed by atoms with Gasteiger partial charge < -0.3 is 4.74 Å². The summed E-state index contributed by atoms with van der Waals surface area (Å²) in [6, 6.07) is 8.51. The average Bonchev–Trinajstić information content (AvgIpc) is 3.24. The number of esters is 1. The maximum atomic E-state index is 13.4. The van der Waals surface area contributed by atoms with Crippen LogP contribution in [0.2, 0.25) is 5.02 Å². The highest BCUT2D eigenvalue weighted by atomic mass is 35.5. The number of allylic oxidation sites excluding steroid dienone is 1. The summed E-state index contributed by atoms with van der Waals surface area (Å²) in [5.41, 5.74) is 2.38. The Bertz CT molecular complexity index is 1330. The molecule has 0 bridgehead atoms. The minimum Gasteiger partial charge on any atom is -0.466 e. The molecule has 0 spiro atoms. The minimum absolute atomic E-state index is 0.208. The van der Waals surface area contributed by atoms with Crippen LogP contribution in [0.4, 0.5) is 0 Å². The predicted molar refractivity (Wildman–Crippen MR) is 116 cm³/mol. The van der Waals surface area contributed by atoms with Crippen LogP contribution in [0, 0.1) is 6.92 Å². The van der Waals surface area contributed by atoms with Gasteiger partial charge in [-0.1, -0.05) is 41.1 Å². The van der Waals surface area contributed by atoms with Crippen molar-refractivity contribution >= 4 is 46.3 Å². The van der Waals surface area contributed by atoms with Gasteiger partial charge in [0.25, 0.3) is 5.56 Å². The summed E-state index contributed by atoms with van der Waals surface area (Å²) >= 11 is 9.34. The van der Waals surface area contributed by atoms with Crippen LogP contribution >= 0.6 is 34.3 Å². The van der Waals surface area contributed by atoms with Gasteiger partial charge >= 0.3 is 5.97 Å². The lowest BCUT2D eigenvalue weighted by atomic mass is 9.96. The predicted octanol–water partition coefficient (Wildman–Crippen LogP) is 3.43. The largest absolute Gasteiger partial charge is 0.466 e. The Hall–Kier alpha value is -2.48. The lowest BCUT2D eigenvalue weighted by Gasteiger charge is -2.25. The van der Waals surface area contributed by atoms with E-state index in [1.165, 1.54) is 18.4 Å². The Labute approximate surface area is 179 Å². The smallest absolute Gasteiger partial charge is 0.338 e. The number of methoxy groups -OCH3 is 1. The molecule has 0 N–H and O–H groups in total. The van der Waals surface area contributed by atoms with E-state index in [0.29, 0.717) is 31.2 Å². The van der Waals surface area contributed by atoms with E-state index in [4.69, 9.17) is 16.3 Å². The van der Waals surface area contributed by atoms with Crippen LogP contribution in [-0.4, -0.2) is 17.6 Å². The van der Waals surface area contributed by atoms with Crippen LogP contribution in [0.15, 0.2) is 56.8 Å². The lowest BCUT2D eigenvalue weighted by Crippen LogP contribution is -2.39. The van der Waals surface area contributed by atoms with Gasteiger partial charge in [0.15, 0.2) is 4.80 Å². The Morgan fingerprint density at radius 3 is 2.69 bits per heavy atom. The van der Waals surface area contributed by atoms with Gasteiger partial charge in [-0.05, 0) is 48.6 Å². The number of carbonyl (C=O) groups is 1. The van der Waals surface area contributed by atoms with Crippen molar-refractivity contribution in [3.05, 3.63) is 87.7 Å². The van der Waals surface area contributed by atoms with Crippen molar-refractivity contribution in [3.8, 4) is 0 Å². The Balaban J connectivity index is 2.03. The molecule has 1 aliphatic heterocycles. The molecule has 3 heterocycles. The highest BCUT2D eigenvalue weighted by Crippen LogP contribution is 2.34. The lowest BCUT2D eigenvalue weighted by molar-refractivity contribution is -0.136. The summed E-state index contributed by atoms with van der Waals surface area (Å²) in [6.07, 6.45) is 1.88. The number of aryl methyl sites for hydroxylation is 1. The zero-order chi connectivity index (χ0) is 20.7. The van der Waals surface area contributed by atoms with Gasteiger partial charge in [0, 0.05) is 9.90 Å². The third-order valence-corrected chi connectivity index (χ3v) is 7.08. The fourth-order valence-corrected chi connectivity index (χ4v) is 5.54. The summed E-state index contributed by atoms with van der Waals surface area (Å²) < 4.78 is 7.10. The monoisotopic (exact) mass is 444 g/mol. The minimum atomic E-state index is -0.695. The number of carbonyl (C=O) groups excluding carboxylic acids is 1. The van der Waals surface area contributed by atoms with Gasteiger partial charge in [0.1, 0.15) is 6.04 Å². The SMILES string of the molecule is COC(=O)C1=C(C)N=c2s/c(=C\c3sccc3C)c(=O)n2C1c1ccccc1Cl. The van der Waals surface area contributed by atoms with Crippen LogP contribution in [0.5, 0.6) is 0 Å². The maximum absolute atomic E-state index is 13.4. The highest BCUT2D eigenvalue weighted by Gasteiger charge is 2.34. The molecule has 0 saturated heterocycles. The molecule has 1 atom stereocenters. The number of hydrogen-bond acceptors (Lipinski definition) is 6. The summed E-state index contributed by atoms with van der Waals surface area (Å²) in [4.78, 5) is 32.1. The molecule has 4 rings (SSSR count). The molecule has 29 heavy (non-hydrogen) atoms. The van der Waals surface area contributed by atoms with Crippen molar-refractivity contribution in [2.45, 2.75) is 19.9 Å². The zero-order valence-corrected chi connectivity index (χ0v) is 18.3. The molecular weight excluding hydrogens is 428 g/mol. The normalized spacial score (nSPS) is 16.6. The topological polar surface area (TPSA) is 60.7 Å². The fourth-order valence-electron chi connectivity index (χ4n) is 3.34. The third-order valence-electron chi connectivity index (χ3n) is 4.79. The van der Waals surface area contributed by atoms with Crippen molar-refractivity contribution < 1.29 is 9.53 Å². The second kappa shape index (κ2) is 7.74. The number of aromatic nitrogens is 1. The average molecular weight is 445 g/mol. The van der Waals surface area contributed by atoms with E-state index < -0.39 is 12.0 Å². The first-order valence-electron chi connectivity index (χ1n) is 8.81. The number of benzene rings is 1. The maximum Gasteiger partial charge on any atom is 0.338 e. The molecular formula is C21H17ClN2O3S2. The van der Waals surface area contributed by atoms with Crippen molar-refractivity contribution in [1.82, 2.24) is 4.57 Å². The molecule has 0 fully saturated rings. The molecule has 1 aromatic carbocycles. The Kier molecular flexibility index (Phi) is 5.29. The van der Waals surface area contributed by atoms with Gasteiger partial charge in [-0.3, -0.25) is 9.36 Å². The molecule has 8 heteroatoms. The van der Waals surface area contributed by atoms with Crippen molar-refractivity contribution in [2.24, 2.45) is 4.99 Å². The standard InChI is InChI=1S/C21H17ClN2O3S2/c1-11-8-9-28-15(11)10-16-19(25)24-18(13-6-4-5-7-14(13)22)17(20(26)27-3)12(2)23-21(24)29-16/h4-10,18H,1-3H3/b16-10-. The second-order valence-corrected chi connectivity index (χ2v) is 8.93. The van der Waals surface area contributed by atoms with E-state index in [-0.39, 0.29) is 5.56 Å². The van der Waals surface area contributed by atoms with Gasteiger partial charge in [0.2, 0.25) is 0 Å². The number of ether oxygens (including phenoxy) is 1. The van der Waals surface area contributed by atoms with Crippen LogP contribution in [-0.2, 0) is 9.53 Å². The van der Waals surface area contributed by atoms with Crippen LogP contribution < -0.4 is 14.9 Å². The number of rotatable bonds is 3. The van der Waals surface area contributed by atoms with E-state index >= 15 is 0 Å². The third kappa shape index (κ3) is 3.39. The number of hydrogen-bond donors (Lipinski definition) is 0. The number of halogens is 1. The molecule has 3 aromatic rings. The summed E-state index contributed by atoms with van der Waals surface area (Å²) in [5.74, 6) is -0.528. The summed E-state index contributed by atoms with van der Waals surface area (Å²) in [6.45, 7) is 3.75. The first-order chi connectivity index (χ1) is 13.9. The zero-order valence-electron chi connectivity index (χ0n) is 15.9. The van der Waals surface area contributed by atoms with Crippen molar-refractivity contribution in [3.63, 3.8) is 0 Å². The van der Waals surface area contributed by atoms with Gasteiger partial charge in [0.05, 0.1) is 22.9 Å². The second-order valence-electron chi connectivity index (χ2n) is 6.56. The first kappa shape index (κ1) is 19.8. The molecule has 1 unspecified atom stereocenters. The molecule has 148 valence electrons. The van der Waals surface area contributed by atoms with E-state index in [0.717, 1.165) is 10.4 Å². The molecule has 0 saturated carbocycles. The molecule has 0 amide bonds. The first-order valence-corrected chi connectivity index (χ1v) is 10.9. The molecule has 0 aliphatic carbocycles. The van der Waals surface area contributed by atoms with Gasteiger partial charge in [-0.25, -0.2) is 9.79 Å². The summed E-state index contributed by atoms with van der Waals surface area (Å²) in [5, 5.41) is 2.46. The van der Waals surface area contributed by atoms with Crippen LogP contribution in [0.25, 0.3) is 6.08 Å². The molecule has 2 aromatic heterocycles. The van der Waals surface area contributed by atoms with E-state index in [9.17, 15) is 9.59 Å². The van der Waals surface area contributed by atoms with Crippen LogP contribution in [0.3, 0.4) is 0 Å². The Morgan fingerprint density at radius 2 is 2.03 bits per heavy atom. The number of thiophene rings is 1. The van der Waals surface area contributed by atoms with Gasteiger partial charge in [-0.2, -0.15) is 0 Å². The summed E-state index contributed by atoms with van der Waals surface area (Å²) in [7, 11) is 1.32. The van der Waals surface area contributed by atoms with E-state index in [2.05, 4.69) is 4.99 Å². The van der Waals surface area contributed by atoms with E-state index in [1.807, 2.05) is 42.6 Å². The fraction of sp³-hybridized carbons (Fsp3) is 0.190. The number of nitrogens with zero attached hydrogens (tertiary/aromatic N) is 2. The van der Waals surface area contributed by atoms with Crippen molar-refractivity contribution in [1.29, 1.82) is 0 Å². The van der Waals surface area contributed by atoms with E-state index in [1.54, 1.807) is 28.9 Å². The highest BCUT2D eigenvalue weighted by molar-refractivity contribution is 7.11. The van der Waals surface area contributed by atoms with Crippen LogP contribution in [0.1, 0.15) is 29.0 Å². The van der Waals surface area contributed by atoms with Gasteiger partial charge in [-0.15, -0.1) is 11.3 Å². The van der Waals surface area contributed by atoms with Crippen molar-refractivity contribution in [2.75, 3.05) is 7.11 Å². The quantitative estimate of drug-likeness (QED) is 0.581.